The lowest BCUT2D eigenvalue weighted by atomic mass is 10.1. The zero-order valence-electron chi connectivity index (χ0n) is 18.8. The molecular weight excluding hydrogens is 457 g/mol. The summed E-state index contributed by atoms with van der Waals surface area (Å²) >= 11 is 1.15. The van der Waals surface area contributed by atoms with Crippen molar-refractivity contribution in [1.29, 1.82) is 0 Å². The molecule has 7 heteroatoms. The van der Waals surface area contributed by atoms with Crippen LogP contribution in [0.5, 0.6) is 0 Å². The number of hydrogen-bond donors (Lipinski definition) is 0. The topological polar surface area (TPSA) is 32.7 Å². The maximum absolute atomic E-state index is 13.4. The minimum Gasteiger partial charge on any atom is -0.268 e. The number of carbonyl (C=O) groups is 1. The maximum Gasteiger partial charge on any atom is 0.416 e. The molecule has 174 valence electrons. The maximum atomic E-state index is 13.4. The highest BCUT2D eigenvalue weighted by molar-refractivity contribution is 8.19. The normalized spacial score (nSPS) is 16.6. The molecule has 3 aromatic rings. The zero-order valence-corrected chi connectivity index (χ0v) is 19.6. The SMILES string of the molecule is CCc1ccc(N=C2S/C(=C\c3cccc(C(F)(F)F)c3)C(=O)N2c2ccc(CC)cc2)cc1. The van der Waals surface area contributed by atoms with Gasteiger partial charge in [0.15, 0.2) is 5.17 Å². The van der Waals surface area contributed by atoms with Crippen LogP contribution in [0.15, 0.2) is 82.7 Å². The number of nitrogens with zero attached hydrogens (tertiary/aromatic N) is 2. The number of amidine groups is 1. The van der Waals surface area contributed by atoms with E-state index in [1.165, 1.54) is 22.6 Å². The lowest BCUT2D eigenvalue weighted by Gasteiger charge is -2.16. The zero-order chi connectivity index (χ0) is 24.3. The van der Waals surface area contributed by atoms with Crippen molar-refractivity contribution >= 4 is 40.3 Å². The number of halogens is 3. The van der Waals surface area contributed by atoms with Crippen molar-refractivity contribution in [2.24, 2.45) is 4.99 Å². The lowest BCUT2D eigenvalue weighted by Crippen LogP contribution is -2.28. The van der Waals surface area contributed by atoms with Crippen LogP contribution in [0.3, 0.4) is 0 Å². The fourth-order valence-electron chi connectivity index (χ4n) is 3.53. The van der Waals surface area contributed by atoms with Gasteiger partial charge in [-0.2, -0.15) is 13.2 Å². The van der Waals surface area contributed by atoms with E-state index >= 15 is 0 Å². The first-order valence-electron chi connectivity index (χ1n) is 11.0. The summed E-state index contributed by atoms with van der Waals surface area (Å²) in [5.41, 5.74) is 3.22. The Morgan fingerprint density at radius 3 is 2.12 bits per heavy atom. The third-order valence-electron chi connectivity index (χ3n) is 5.49. The van der Waals surface area contributed by atoms with Crippen molar-refractivity contribution in [2.45, 2.75) is 32.9 Å². The molecule has 1 saturated heterocycles. The van der Waals surface area contributed by atoms with Crippen molar-refractivity contribution in [1.82, 2.24) is 0 Å². The molecule has 3 nitrogen and oxygen atoms in total. The first kappa shape index (κ1) is 23.8. The number of rotatable bonds is 5. The Bertz CT molecular complexity index is 1250. The van der Waals surface area contributed by atoms with Crippen molar-refractivity contribution in [3.05, 3.63) is 100.0 Å². The molecule has 0 radical (unpaired) electrons. The first-order valence-corrected chi connectivity index (χ1v) is 11.8. The largest absolute Gasteiger partial charge is 0.416 e. The van der Waals surface area contributed by atoms with E-state index in [1.54, 1.807) is 6.07 Å². The second-order valence-corrected chi connectivity index (χ2v) is 8.82. The second-order valence-electron chi connectivity index (χ2n) is 7.81. The van der Waals surface area contributed by atoms with Gasteiger partial charge in [0.05, 0.1) is 21.8 Å². The molecule has 1 heterocycles. The van der Waals surface area contributed by atoms with Crippen molar-refractivity contribution < 1.29 is 18.0 Å². The van der Waals surface area contributed by atoms with Gasteiger partial charge in [-0.15, -0.1) is 0 Å². The molecule has 0 unspecified atom stereocenters. The molecule has 4 rings (SSSR count). The van der Waals surface area contributed by atoms with E-state index in [-0.39, 0.29) is 5.91 Å². The Morgan fingerprint density at radius 2 is 1.53 bits per heavy atom. The fourth-order valence-corrected chi connectivity index (χ4v) is 4.53. The van der Waals surface area contributed by atoms with E-state index in [0.717, 1.165) is 42.3 Å². The van der Waals surface area contributed by atoms with E-state index < -0.39 is 11.7 Å². The third-order valence-corrected chi connectivity index (χ3v) is 6.46. The van der Waals surface area contributed by atoms with Crippen molar-refractivity contribution in [3.8, 4) is 0 Å². The summed E-state index contributed by atoms with van der Waals surface area (Å²) in [6.07, 6.45) is -1.19. The lowest BCUT2D eigenvalue weighted by molar-refractivity contribution is -0.137. The number of thioether (sulfide) groups is 1. The summed E-state index contributed by atoms with van der Waals surface area (Å²) in [4.78, 5) is 19.9. The van der Waals surface area contributed by atoms with E-state index in [2.05, 4.69) is 13.8 Å². The monoisotopic (exact) mass is 480 g/mol. The average molecular weight is 481 g/mol. The Morgan fingerprint density at radius 1 is 0.912 bits per heavy atom. The van der Waals surface area contributed by atoms with E-state index in [0.29, 0.717) is 27.0 Å². The summed E-state index contributed by atoms with van der Waals surface area (Å²) in [5.74, 6) is -0.324. The third kappa shape index (κ3) is 5.25. The summed E-state index contributed by atoms with van der Waals surface area (Å²) in [6.45, 7) is 4.12. The van der Waals surface area contributed by atoms with Gasteiger partial charge in [-0.1, -0.05) is 50.2 Å². The van der Waals surface area contributed by atoms with E-state index in [9.17, 15) is 18.0 Å². The van der Waals surface area contributed by atoms with E-state index in [1.807, 2.05) is 48.5 Å². The van der Waals surface area contributed by atoms with Crippen molar-refractivity contribution in [2.75, 3.05) is 4.90 Å². The van der Waals surface area contributed by atoms with Gasteiger partial charge in [0.2, 0.25) is 0 Å². The fraction of sp³-hybridized carbons (Fsp3) is 0.185. The predicted octanol–water partition coefficient (Wildman–Crippen LogP) is 7.64. The summed E-state index contributed by atoms with van der Waals surface area (Å²) < 4.78 is 39.4. The standard InChI is InChI=1S/C27H23F3N2OS/c1-3-18-8-12-22(13-9-18)31-26-32(23-14-10-19(4-2)11-15-23)25(33)24(34-26)17-20-6-5-7-21(16-20)27(28,29)30/h5-17H,3-4H2,1-2H3/b24-17-,31-26?. The van der Waals surface area contributed by atoms with Gasteiger partial charge < -0.3 is 0 Å². The number of aryl methyl sites for hydroxylation is 2. The summed E-state index contributed by atoms with van der Waals surface area (Å²) in [7, 11) is 0. The molecule has 0 spiro atoms. The average Bonchev–Trinajstić information content (AvgIpc) is 3.13. The molecule has 1 fully saturated rings. The minimum atomic E-state index is -4.45. The Kier molecular flexibility index (Phi) is 6.93. The van der Waals surface area contributed by atoms with Crippen LogP contribution in [-0.4, -0.2) is 11.1 Å². The Balaban J connectivity index is 1.75. The number of benzene rings is 3. The van der Waals surface area contributed by atoms with Crippen LogP contribution in [0.4, 0.5) is 24.5 Å². The molecule has 0 bridgehead atoms. The van der Waals surface area contributed by atoms with Gasteiger partial charge in [0.1, 0.15) is 0 Å². The van der Waals surface area contributed by atoms with Gasteiger partial charge in [-0.05, 0) is 83.8 Å². The van der Waals surface area contributed by atoms with Gasteiger partial charge in [-0.25, -0.2) is 4.99 Å². The van der Waals surface area contributed by atoms with Gasteiger partial charge in [0.25, 0.3) is 5.91 Å². The Labute approximate surface area is 201 Å². The van der Waals surface area contributed by atoms with Gasteiger partial charge in [-0.3, -0.25) is 9.69 Å². The van der Waals surface area contributed by atoms with Crippen molar-refractivity contribution in [3.63, 3.8) is 0 Å². The molecular formula is C27H23F3N2OS. The number of hydrogen-bond acceptors (Lipinski definition) is 3. The number of anilines is 1. The highest BCUT2D eigenvalue weighted by Gasteiger charge is 2.35. The smallest absolute Gasteiger partial charge is 0.268 e. The number of aliphatic imine (C=N–C) groups is 1. The molecule has 0 saturated carbocycles. The van der Waals surface area contributed by atoms with E-state index in [4.69, 9.17) is 4.99 Å². The van der Waals surface area contributed by atoms with Gasteiger partial charge in [0, 0.05) is 0 Å². The van der Waals surface area contributed by atoms with Gasteiger partial charge >= 0.3 is 6.18 Å². The molecule has 0 aliphatic carbocycles. The van der Waals surface area contributed by atoms with Crippen LogP contribution in [-0.2, 0) is 23.8 Å². The van der Waals surface area contributed by atoms with Crippen LogP contribution in [0.2, 0.25) is 0 Å². The van der Waals surface area contributed by atoms with Crippen LogP contribution in [0.1, 0.15) is 36.1 Å². The highest BCUT2D eigenvalue weighted by atomic mass is 32.2. The van der Waals surface area contributed by atoms with Crippen LogP contribution in [0.25, 0.3) is 6.08 Å². The molecule has 3 aromatic carbocycles. The molecule has 1 aliphatic rings. The molecule has 0 N–H and O–H groups in total. The number of amides is 1. The predicted molar refractivity (Wildman–Crippen MR) is 133 cm³/mol. The second kappa shape index (κ2) is 9.89. The Hall–Kier alpha value is -3.32. The summed E-state index contributed by atoms with van der Waals surface area (Å²) in [6, 6.07) is 20.3. The highest BCUT2D eigenvalue weighted by Crippen LogP contribution is 2.38. The first-order chi connectivity index (χ1) is 16.3. The van der Waals surface area contributed by atoms with Crippen LogP contribution >= 0.6 is 11.8 Å². The van der Waals surface area contributed by atoms with Crippen LogP contribution in [0, 0.1) is 0 Å². The number of alkyl halides is 3. The molecule has 1 aliphatic heterocycles. The molecule has 1 amide bonds. The molecule has 0 aromatic heterocycles. The molecule has 0 atom stereocenters. The quantitative estimate of drug-likeness (QED) is 0.352. The molecule has 34 heavy (non-hydrogen) atoms. The number of carbonyl (C=O) groups excluding carboxylic acids is 1. The minimum absolute atomic E-state index is 0.306. The van der Waals surface area contributed by atoms with Crippen LogP contribution < -0.4 is 4.90 Å². The summed E-state index contributed by atoms with van der Waals surface area (Å²) in [5, 5.41) is 0.455.